The molecule has 0 spiro atoms. The van der Waals surface area contributed by atoms with E-state index >= 15 is 0 Å². The van der Waals surface area contributed by atoms with Crippen LogP contribution in [0.15, 0.2) is 23.3 Å². The molecule has 4 fully saturated rings. The van der Waals surface area contributed by atoms with Crippen LogP contribution in [0.4, 0.5) is 0 Å². The summed E-state index contributed by atoms with van der Waals surface area (Å²) in [6, 6.07) is 0. The first-order valence-corrected chi connectivity index (χ1v) is 13.4. The maximum atomic E-state index is 10.8. The highest BCUT2D eigenvalue weighted by molar-refractivity contribution is 5.21. The largest absolute Gasteiger partial charge is 0.393 e. The zero-order chi connectivity index (χ0) is 22.8. The van der Waals surface area contributed by atoms with Crippen molar-refractivity contribution >= 4 is 0 Å². The van der Waals surface area contributed by atoms with Crippen molar-refractivity contribution in [3.05, 3.63) is 23.3 Å². The van der Waals surface area contributed by atoms with Crippen LogP contribution in [0, 0.1) is 45.3 Å². The van der Waals surface area contributed by atoms with E-state index in [-0.39, 0.29) is 11.5 Å². The first-order chi connectivity index (χ1) is 14.4. The van der Waals surface area contributed by atoms with Crippen molar-refractivity contribution in [2.24, 2.45) is 45.3 Å². The van der Waals surface area contributed by atoms with Gasteiger partial charge in [-0.3, -0.25) is 0 Å². The molecule has 1 nitrogen and oxygen atoms in total. The molecule has 0 bridgehead atoms. The lowest BCUT2D eigenvalue weighted by molar-refractivity contribution is -0.220. The minimum atomic E-state index is -0.119. The third-order valence-corrected chi connectivity index (χ3v) is 11.9. The molecule has 4 aliphatic rings. The van der Waals surface area contributed by atoms with Crippen LogP contribution in [0.1, 0.15) is 113 Å². The van der Waals surface area contributed by atoms with Crippen molar-refractivity contribution in [1.29, 1.82) is 0 Å². The van der Waals surface area contributed by atoms with Crippen LogP contribution in [0.5, 0.6) is 0 Å². The molecule has 0 amide bonds. The first-order valence-electron chi connectivity index (χ1n) is 13.4. The van der Waals surface area contributed by atoms with E-state index in [9.17, 15) is 5.11 Å². The van der Waals surface area contributed by atoms with Gasteiger partial charge < -0.3 is 5.11 Å². The highest BCUT2D eigenvalue weighted by Crippen LogP contribution is 2.75. The molecule has 0 aromatic heterocycles. The molecule has 1 N–H and O–H groups in total. The average molecular weight is 427 g/mol. The van der Waals surface area contributed by atoms with E-state index in [0.717, 1.165) is 30.6 Å². The third-order valence-electron chi connectivity index (χ3n) is 11.9. The standard InChI is InChI=1S/C30H50O/c1-20(2)10-9-11-21(3)22-14-18-29(7)23(22)12-13-25-28(6)17-16-26(31)27(4,5)24(28)15-19-30(25,29)8/h10-11,22-26,31H,9,12-19H2,1-8H3. The van der Waals surface area contributed by atoms with Gasteiger partial charge in [0, 0.05) is 0 Å². The van der Waals surface area contributed by atoms with E-state index in [2.05, 4.69) is 67.5 Å². The fourth-order valence-corrected chi connectivity index (χ4v) is 9.91. The van der Waals surface area contributed by atoms with Crippen LogP contribution in [-0.2, 0) is 0 Å². The molecule has 0 radical (unpaired) electrons. The lowest BCUT2D eigenvalue weighted by atomic mass is 9.35. The third kappa shape index (κ3) is 3.34. The lowest BCUT2D eigenvalue weighted by Crippen LogP contribution is -2.63. The van der Waals surface area contributed by atoms with Gasteiger partial charge in [-0.15, -0.1) is 0 Å². The van der Waals surface area contributed by atoms with Crippen LogP contribution >= 0.6 is 0 Å². The van der Waals surface area contributed by atoms with E-state index < -0.39 is 0 Å². The van der Waals surface area contributed by atoms with Crippen molar-refractivity contribution in [1.82, 2.24) is 0 Å². The van der Waals surface area contributed by atoms with Gasteiger partial charge in [0.05, 0.1) is 6.10 Å². The quantitative estimate of drug-likeness (QED) is 0.450. The molecular formula is C30H50O. The Bertz CT molecular complexity index is 754. The smallest absolute Gasteiger partial charge is 0.0594 e. The predicted octanol–water partition coefficient (Wildman–Crippen LogP) is 8.34. The molecule has 0 heterocycles. The molecule has 4 rings (SSSR count). The monoisotopic (exact) mass is 426 g/mol. The summed E-state index contributed by atoms with van der Waals surface area (Å²) in [7, 11) is 0. The summed E-state index contributed by atoms with van der Waals surface area (Å²) in [5.41, 5.74) is 4.48. The van der Waals surface area contributed by atoms with Gasteiger partial charge in [0.1, 0.15) is 0 Å². The Hall–Kier alpha value is -0.560. The summed E-state index contributed by atoms with van der Waals surface area (Å²) >= 11 is 0. The van der Waals surface area contributed by atoms with E-state index in [0.29, 0.717) is 22.2 Å². The second-order valence-electron chi connectivity index (χ2n) is 13.7. The number of hydrogen-bond donors (Lipinski definition) is 1. The highest BCUT2D eigenvalue weighted by atomic mass is 16.3. The molecule has 4 saturated carbocycles. The van der Waals surface area contributed by atoms with E-state index in [1.165, 1.54) is 50.5 Å². The summed E-state index contributed by atoms with van der Waals surface area (Å²) in [5, 5.41) is 10.8. The van der Waals surface area contributed by atoms with Gasteiger partial charge in [0.15, 0.2) is 0 Å². The molecule has 1 heteroatoms. The molecule has 31 heavy (non-hydrogen) atoms. The van der Waals surface area contributed by atoms with Crippen molar-refractivity contribution in [3.8, 4) is 0 Å². The molecule has 4 aliphatic carbocycles. The number of fused-ring (bicyclic) bond motifs is 5. The van der Waals surface area contributed by atoms with Gasteiger partial charge in [0.25, 0.3) is 0 Å². The molecule has 0 aliphatic heterocycles. The molecule has 8 unspecified atom stereocenters. The second-order valence-corrected chi connectivity index (χ2v) is 13.7. The Kier molecular flexibility index (Phi) is 5.90. The van der Waals surface area contributed by atoms with Gasteiger partial charge in [0.2, 0.25) is 0 Å². The Balaban J connectivity index is 1.63. The van der Waals surface area contributed by atoms with Crippen LogP contribution in [-0.4, -0.2) is 11.2 Å². The Labute approximate surface area is 193 Å². The topological polar surface area (TPSA) is 20.2 Å². The maximum absolute atomic E-state index is 10.8. The van der Waals surface area contributed by atoms with E-state index in [4.69, 9.17) is 0 Å². The van der Waals surface area contributed by atoms with Crippen LogP contribution in [0.3, 0.4) is 0 Å². The van der Waals surface area contributed by atoms with Crippen molar-refractivity contribution in [2.75, 3.05) is 0 Å². The summed E-state index contributed by atoms with van der Waals surface area (Å²) in [5.74, 6) is 3.15. The SMILES string of the molecule is CC(C)=CCC=C(C)C1CCC2(C)C1CCC1C3(C)CCC(O)C(C)(C)C3CCC12C. The molecule has 176 valence electrons. The number of hydrogen-bond acceptors (Lipinski definition) is 1. The number of aliphatic hydroxyl groups is 1. The first kappa shape index (κ1) is 23.6. The Morgan fingerprint density at radius 1 is 0.774 bits per heavy atom. The van der Waals surface area contributed by atoms with Crippen molar-refractivity contribution in [2.45, 2.75) is 119 Å². The number of allylic oxidation sites excluding steroid dienone is 4. The van der Waals surface area contributed by atoms with Crippen LogP contribution in [0.25, 0.3) is 0 Å². The fourth-order valence-electron chi connectivity index (χ4n) is 9.91. The normalized spacial score (nSPS) is 49.1. The van der Waals surface area contributed by atoms with Gasteiger partial charge in [-0.25, -0.2) is 0 Å². The van der Waals surface area contributed by atoms with Crippen molar-refractivity contribution in [3.63, 3.8) is 0 Å². The minimum Gasteiger partial charge on any atom is -0.393 e. The summed E-state index contributed by atoms with van der Waals surface area (Å²) < 4.78 is 0. The molecule has 8 atom stereocenters. The van der Waals surface area contributed by atoms with E-state index in [1.807, 2.05) is 0 Å². The highest BCUT2D eigenvalue weighted by Gasteiger charge is 2.68. The van der Waals surface area contributed by atoms with Crippen LogP contribution < -0.4 is 0 Å². The second kappa shape index (κ2) is 7.75. The lowest BCUT2D eigenvalue weighted by Gasteiger charge is -2.69. The molecule has 0 aromatic carbocycles. The average Bonchev–Trinajstić information content (AvgIpc) is 3.03. The number of aliphatic hydroxyl groups excluding tert-OH is 1. The minimum absolute atomic E-state index is 0.0640. The summed E-state index contributed by atoms with van der Waals surface area (Å²) in [4.78, 5) is 0. The predicted molar refractivity (Wildman–Crippen MR) is 133 cm³/mol. The van der Waals surface area contributed by atoms with Crippen molar-refractivity contribution < 1.29 is 5.11 Å². The maximum Gasteiger partial charge on any atom is 0.0594 e. The van der Waals surface area contributed by atoms with Gasteiger partial charge in [-0.05, 0) is 124 Å². The Morgan fingerprint density at radius 3 is 2.13 bits per heavy atom. The van der Waals surface area contributed by atoms with Gasteiger partial charge >= 0.3 is 0 Å². The summed E-state index contributed by atoms with van der Waals surface area (Å²) in [6.07, 6.45) is 16.4. The number of rotatable bonds is 3. The summed E-state index contributed by atoms with van der Waals surface area (Å²) in [6.45, 7) is 19.6. The van der Waals surface area contributed by atoms with Crippen LogP contribution in [0.2, 0.25) is 0 Å². The molecular weight excluding hydrogens is 376 g/mol. The van der Waals surface area contributed by atoms with Gasteiger partial charge in [-0.1, -0.05) is 57.9 Å². The Morgan fingerprint density at radius 2 is 1.45 bits per heavy atom. The van der Waals surface area contributed by atoms with Gasteiger partial charge in [-0.2, -0.15) is 0 Å². The van der Waals surface area contributed by atoms with E-state index in [1.54, 1.807) is 5.57 Å². The fraction of sp³-hybridized carbons (Fsp3) is 0.867. The molecule has 0 saturated heterocycles. The zero-order valence-corrected chi connectivity index (χ0v) is 21.9. The molecule has 0 aromatic rings. The zero-order valence-electron chi connectivity index (χ0n) is 21.9.